The number of benzene rings is 1. The van der Waals surface area contributed by atoms with Gasteiger partial charge in [-0.3, -0.25) is 9.59 Å². The highest BCUT2D eigenvalue weighted by Gasteiger charge is 2.18. The standard InChI is InChI=1S/C13H14Cl2O2/c1-4-5-9-7(2)10(12(14)16)6-11(8(9)3)13(15)17/h6H,4-5H2,1-3H3. The van der Waals surface area contributed by atoms with Gasteiger partial charge >= 0.3 is 0 Å². The van der Waals surface area contributed by atoms with Crippen LogP contribution in [0.1, 0.15) is 50.8 Å². The Bertz CT molecular complexity index is 441. The van der Waals surface area contributed by atoms with Crippen molar-refractivity contribution in [2.45, 2.75) is 33.6 Å². The molecule has 0 N–H and O–H groups in total. The Hall–Kier alpha value is -0.860. The summed E-state index contributed by atoms with van der Waals surface area (Å²) in [6.07, 6.45) is 1.73. The zero-order valence-corrected chi connectivity index (χ0v) is 11.6. The number of halogens is 2. The van der Waals surface area contributed by atoms with E-state index in [2.05, 4.69) is 0 Å². The largest absolute Gasteiger partial charge is 0.276 e. The molecule has 0 radical (unpaired) electrons. The summed E-state index contributed by atoms with van der Waals surface area (Å²) in [5, 5.41) is -1.11. The van der Waals surface area contributed by atoms with Gasteiger partial charge < -0.3 is 0 Å². The molecule has 0 aliphatic heterocycles. The highest BCUT2D eigenvalue weighted by Crippen LogP contribution is 2.26. The molecule has 0 fully saturated rings. The molecule has 0 unspecified atom stereocenters. The van der Waals surface area contributed by atoms with Gasteiger partial charge in [0.05, 0.1) is 0 Å². The average molecular weight is 273 g/mol. The van der Waals surface area contributed by atoms with Crippen molar-refractivity contribution in [2.75, 3.05) is 0 Å². The smallest absolute Gasteiger partial charge is 0.252 e. The number of carbonyl (C=O) groups excluding carboxylic acids is 2. The van der Waals surface area contributed by atoms with Crippen LogP contribution in [0.15, 0.2) is 6.07 Å². The summed E-state index contributed by atoms with van der Waals surface area (Å²) < 4.78 is 0. The maximum absolute atomic E-state index is 11.3. The van der Waals surface area contributed by atoms with Gasteiger partial charge in [0.1, 0.15) is 0 Å². The van der Waals surface area contributed by atoms with Crippen LogP contribution in [0.2, 0.25) is 0 Å². The van der Waals surface area contributed by atoms with Crippen molar-refractivity contribution >= 4 is 33.7 Å². The number of hydrogen-bond acceptors (Lipinski definition) is 2. The molecule has 17 heavy (non-hydrogen) atoms. The molecular formula is C13H14Cl2O2. The first-order chi connectivity index (χ1) is 7.90. The Kier molecular flexibility index (Phi) is 4.72. The first-order valence-corrected chi connectivity index (χ1v) is 6.18. The zero-order valence-electron chi connectivity index (χ0n) is 10.1. The lowest BCUT2D eigenvalue weighted by atomic mass is 9.91. The van der Waals surface area contributed by atoms with Gasteiger partial charge in [-0.1, -0.05) is 13.3 Å². The van der Waals surface area contributed by atoms with Crippen molar-refractivity contribution in [3.63, 3.8) is 0 Å². The van der Waals surface area contributed by atoms with Gasteiger partial charge in [0.2, 0.25) is 0 Å². The molecule has 0 amide bonds. The van der Waals surface area contributed by atoms with E-state index >= 15 is 0 Å². The zero-order chi connectivity index (χ0) is 13.2. The Labute approximate surface area is 111 Å². The van der Waals surface area contributed by atoms with E-state index in [4.69, 9.17) is 23.2 Å². The third-order valence-electron chi connectivity index (χ3n) is 2.93. The molecule has 4 heteroatoms. The van der Waals surface area contributed by atoms with Gasteiger partial charge in [-0.05, 0) is 66.2 Å². The summed E-state index contributed by atoms with van der Waals surface area (Å²) in [6, 6.07) is 1.48. The van der Waals surface area contributed by atoms with Crippen LogP contribution >= 0.6 is 23.2 Å². The second-order valence-corrected chi connectivity index (χ2v) is 4.68. The molecule has 1 aromatic carbocycles. The Morgan fingerprint density at radius 3 is 1.76 bits per heavy atom. The first kappa shape index (κ1) is 14.2. The van der Waals surface area contributed by atoms with Crippen molar-refractivity contribution in [3.05, 3.63) is 33.9 Å². The second-order valence-electron chi connectivity index (χ2n) is 4.00. The van der Waals surface area contributed by atoms with Crippen molar-refractivity contribution in [1.82, 2.24) is 0 Å². The van der Waals surface area contributed by atoms with Gasteiger partial charge in [0.25, 0.3) is 10.5 Å². The second kappa shape index (κ2) is 5.65. The van der Waals surface area contributed by atoms with Gasteiger partial charge in [-0.15, -0.1) is 0 Å². The molecule has 0 aliphatic carbocycles. The van der Waals surface area contributed by atoms with Gasteiger partial charge in [0, 0.05) is 11.1 Å². The molecule has 0 spiro atoms. The molecule has 2 nitrogen and oxygen atoms in total. The molecule has 0 heterocycles. The van der Waals surface area contributed by atoms with Crippen LogP contribution in [-0.2, 0) is 6.42 Å². The first-order valence-electron chi connectivity index (χ1n) is 5.42. The van der Waals surface area contributed by atoms with Crippen molar-refractivity contribution < 1.29 is 9.59 Å². The van der Waals surface area contributed by atoms with Crippen LogP contribution in [0.4, 0.5) is 0 Å². The van der Waals surface area contributed by atoms with Crippen molar-refractivity contribution in [2.24, 2.45) is 0 Å². The molecule has 0 aromatic heterocycles. The molecule has 0 atom stereocenters. The predicted octanol–water partition coefficient (Wildman–Crippen LogP) is 4.01. The van der Waals surface area contributed by atoms with Gasteiger partial charge in [0.15, 0.2) is 0 Å². The fraction of sp³-hybridized carbons (Fsp3) is 0.385. The highest BCUT2D eigenvalue weighted by molar-refractivity contribution is 6.69. The lowest BCUT2D eigenvalue weighted by Gasteiger charge is -2.14. The minimum absolute atomic E-state index is 0.365. The minimum Gasteiger partial charge on any atom is -0.276 e. The quantitative estimate of drug-likeness (QED) is 0.776. The summed E-state index contributed by atoms with van der Waals surface area (Å²) in [4.78, 5) is 22.6. The minimum atomic E-state index is -0.556. The van der Waals surface area contributed by atoms with E-state index in [1.165, 1.54) is 6.07 Å². The van der Waals surface area contributed by atoms with Crippen molar-refractivity contribution in [3.8, 4) is 0 Å². The van der Waals surface area contributed by atoms with E-state index in [1.54, 1.807) is 0 Å². The van der Waals surface area contributed by atoms with Crippen LogP contribution in [-0.4, -0.2) is 10.5 Å². The normalized spacial score (nSPS) is 10.4. The molecule has 0 aliphatic rings. The summed E-state index contributed by atoms with van der Waals surface area (Å²) in [6.45, 7) is 5.72. The topological polar surface area (TPSA) is 34.1 Å². The number of hydrogen-bond donors (Lipinski definition) is 0. The van der Waals surface area contributed by atoms with E-state index < -0.39 is 10.5 Å². The van der Waals surface area contributed by atoms with Gasteiger partial charge in [-0.2, -0.15) is 0 Å². The summed E-state index contributed by atoms with van der Waals surface area (Å²) in [5.41, 5.74) is 3.40. The summed E-state index contributed by atoms with van der Waals surface area (Å²) in [7, 11) is 0. The highest BCUT2D eigenvalue weighted by atomic mass is 35.5. The third kappa shape index (κ3) is 2.88. The summed E-state index contributed by atoms with van der Waals surface area (Å²) >= 11 is 11.0. The Morgan fingerprint density at radius 2 is 1.47 bits per heavy atom. The van der Waals surface area contributed by atoms with Crippen molar-refractivity contribution in [1.29, 1.82) is 0 Å². The SMILES string of the molecule is CCCc1c(C)c(C(=O)Cl)cc(C(=O)Cl)c1C. The van der Waals surface area contributed by atoms with E-state index in [-0.39, 0.29) is 0 Å². The van der Waals surface area contributed by atoms with E-state index in [0.717, 1.165) is 29.5 Å². The van der Waals surface area contributed by atoms with Crippen LogP contribution in [0, 0.1) is 13.8 Å². The molecule has 0 saturated heterocycles. The fourth-order valence-corrected chi connectivity index (χ4v) is 2.39. The molecule has 1 aromatic rings. The Balaban J connectivity index is 3.57. The molecule has 0 saturated carbocycles. The Morgan fingerprint density at radius 1 is 1.06 bits per heavy atom. The predicted molar refractivity (Wildman–Crippen MR) is 70.3 cm³/mol. The van der Waals surface area contributed by atoms with E-state index in [1.807, 2.05) is 20.8 Å². The third-order valence-corrected chi connectivity index (χ3v) is 3.33. The van der Waals surface area contributed by atoms with Crippen LogP contribution in [0.3, 0.4) is 0 Å². The van der Waals surface area contributed by atoms with E-state index in [0.29, 0.717) is 11.1 Å². The van der Waals surface area contributed by atoms with Crippen LogP contribution in [0.25, 0.3) is 0 Å². The fourth-order valence-electron chi connectivity index (χ4n) is 2.00. The molecule has 1 rings (SSSR count). The summed E-state index contributed by atoms with van der Waals surface area (Å²) in [5.74, 6) is 0. The lowest BCUT2D eigenvalue weighted by molar-refractivity contribution is 0.107. The lowest BCUT2D eigenvalue weighted by Crippen LogP contribution is -2.07. The number of rotatable bonds is 4. The monoisotopic (exact) mass is 272 g/mol. The van der Waals surface area contributed by atoms with Gasteiger partial charge in [-0.25, -0.2) is 0 Å². The van der Waals surface area contributed by atoms with Crippen LogP contribution < -0.4 is 0 Å². The van der Waals surface area contributed by atoms with Crippen LogP contribution in [0.5, 0.6) is 0 Å². The maximum atomic E-state index is 11.3. The van der Waals surface area contributed by atoms with E-state index in [9.17, 15) is 9.59 Å². The maximum Gasteiger partial charge on any atom is 0.252 e. The number of carbonyl (C=O) groups is 2. The molecule has 92 valence electrons. The average Bonchev–Trinajstić information content (AvgIpc) is 2.23. The molecule has 0 bridgehead atoms. The molecular weight excluding hydrogens is 259 g/mol.